The van der Waals surface area contributed by atoms with Crippen LogP contribution in [0, 0.1) is 0 Å². The third-order valence-electron chi connectivity index (χ3n) is 4.50. The summed E-state index contributed by atoms with van der Waals surface area (Å²) in [7, 11) is 0. The third kappa shape index (κ3) is 5.43. The average molecular weight is 356 g/mol. The molecule has 0 bridgehead atoms. The number of hydrogen-bond donors (Lipinski definition) is 1. The Morgan fingerprint density at radius 3 is 2.44 bits per heavy atom. The van der Waals surface area contributed by atoms with Gasteiger partial charge in [0.2, 0.25) is 11.8 Å². The zero-order valence-corrected chi connectivity index (χ0v) is 15.2. The topological polar surface area (TPSA) is 49.4 Å². The molecule has 5 heteroatoms. The molecule has 0 spiro atoms. The number of aryl methyl sites for hydroxylation is 2. The Bertz CT molecular complexity index is 689. The lowest BCUT2D eigenvalue weighted by Gasteiger charge is -2.15. The van der Waals surface area contributed by atoms with Crippen molar-refractivity contribution in [3.05, 3.63) is 52.2 Å². The lowest BCUT2D eigenvalue weighted by Crippen LogP contribution is -2.27. The number of likely N-dealkylation sites (tertiary alicyclic amines) is 1. The molecule has 2 heterocycles. The third-order valence-corrected chi connectivity index (χ3v) is 5.44. The Balaban J connectivity index is 1.41. The predicted octanol–water partition coefficient (Wildman–Crippen LogP) is 3.87. The van der Waals surface area contributed by atoms with E-state index in [1.165, 1.54) is 4.88 Å². The maximum Gasteiger partial charge on any atom is 0.224 e. The average Bonchev–Trinajstić information content (AvgIpc) is 3.32. The van der Waals surface area contributed by atoms with Gasteiger partial charge in [-0.15, -0.1) is 11.3 Å². The molecule has 1 aliphatic rings. The molecular formula is C20H24N2O2S. The van der Waals surface area contributed by atoms with Crippen molar-refractivity contribution in [2.24, 2.45) is 0 Å². The number of rotatable bonds is 7. The van der Waals surface area contributed by atoms with E-state index in [2.05, 4.69) is 11.4 Å². The fourth-order valence-corrected chi connectivity index (χ4v) is 3.75. The molecule has 0 saturated carbocycles. The van der Waals surface area contributed by atoms with Crippen LogP contribution in [-0.2, 0) is 22.4 Å². The highest BCUT2D eigenvalue weighted by atomic mass is 32.1. The molecule has 1 aliphatic heterocycles. The molecule has 0 aliphatic carbocycles. The van der Waals surface area contributed by atoms with Crippen LogP contribution in [0.5, 0.6) is 0 Å². The molecule has 4 nitrogen and oxygen atoms in total. The second kappa shape index (κ2) is 8.81. The van der Waals surface area contributed by atoms with Gasteiger partial charge >= 0.3 is 0 Å². The number of carbonyl (C=O) groups excluding carboxylic acids is 2. The first-order valence-corrected chi connectivity index (χ1v) is 9.77. The van der Waals surface area contributed by atoms with E-state index in [4.69, 9.17) is 0 Å². The van der Waals surface area contributed by atoms with E-state index < -0.39 is 0 Å². The van der Waals surface area contributed by atoms with Gasteiger partial charge in [-0.25, -0.2) is 0 Å². The van der Waals surface area contributed by atoms with Gasteiger partial charge in [-0.2, -0.15) is 0 Å². The van der Waals surface area contributed by atoms with E-state index in [-0.39, 0.29) is 11.8 Å². The van der Waals surface area contributed by atoms with Crippen molar-refractivity contribution in [3.8, 4) is 0 Å². The zero-order chi connectivity index (χ0) is 17.5. The molecule has 0 unspecified atom stereocenters. The van der Waals surface area contributed by atoms with Gasteiger partial charge < -0.3 is 10.2 Å². The number of thiophene rings is 1. The molecule has 0 atom stereocenters. The van der Waals surface area contributed by atoms with E-state index in [0.29, 0.717) is 12.8 Å². The van der Waals surface area contributed by atoms with Crippen molar-refractivity contribution in [2.45, 2.75) is 38.5 Å². The smallest absolute Gasteiger partial charge is 0.224 e. The summed E-state index contributed by atoms with van der Waals surface area (Å²) in [5.41, 5.74) is 1.94. The summed E-state index contributed by atoms with van der Waals surface area (Å²) in [5.74, 6) is 0.286. The molecule has 132 valence electrons. The maximum absolute atomic E-state index is 12.1. The van der Waals surface area contributed by atoms with Gasteiger partial charge in [0.05, 0.1) is 0 Å². The first kappa shape index (κ1) is 17.7. The number of benzene rings is 1. The molecule has 25 heavy (non-hydrogen) atoms. The summed E-state index contributed by atoms with van der Waals surface area (Å²) in [6.45, 7) is 1.82. The van der Waals surface area contributed by atoms with Crippen LogP contribution >= 0.6 is 11.3 Å². The van der Waals surface area contributed by atoms with Gasteiger partial charge in [-0.05, 0) is 54.8 Å². The normalized spacial score (nSPS) is 13.8. The monoisotopic (exact) mass is 356 g/mol. The minimum atomic E-state index is 0.0327. The van der Waals surface area contributed by atoms with Crippen LogP contribution in [0.1, 0.15) is 36.1 Å². The highest BCUT2D eigenvalue weighted by molar-refractivity contribution is 7.09. The highest BCUT2D eigenvalue weighted by Crippen LogP contribution is 2.15. The molecule has 2 aromatic rings. The Kier molecular flexibility index (Phi) is 6.23. The Hall–Kier alpha value is -2.14. The summed E-state index contributed by atoms with van der Waals surface area (Å²) in [5, 5.41) is 4.96. The molecule has 3 rings (SSSR count). The number of amides is 2. The summed E-state index contributed by atoms with van der Waals surface area (Å²) in [6, 6.07) is 11.9. The van der Waals surface area contributed by atoms with Crippen LogP contribution in [0.2, 0.25) is 0 Å². The zero-order valence-electron chi connectivity index (χ0n) is 14.4. The van der Waals surface area contributed by atoms with Gasteiger partial charge in [-0.1, -0.05) is 18.2 Å². The molecule has 0 radical (unpaired) electrons. The number of nitrogens with one attached hydrogen (secondary N) is 1. The van der Waals surface area contributed by atoms with Crippen molar-refractivity contribution in [1.29, 1.82) is 0 Å². The first-order chi connectivity index (χ1) is 12.2. The summed E-state index contributed by atoms with van der Waals surface area (Å²) in [4.78, 5) is 27.3. The van der Waals surface area contributed by atoms with E-state index in [1.807, 2.05) is 40.6 Å². The van der Waals surface area contributed by atoms with E-state index in [9.17, 15) is 9.59 Å². The second-order valence-electron chi connectivity index (χ2n) is 6.41. The van der Waals surface area contributed by atoms with Crippen molar-refractivity contribution >= 4 is 28.8 Å². The number of nitrogens with zero attached hydrogens (tertiary/aromatic N) is 1. The molecule has 2 amide bonds. The van der Waals surface area contributed by atoms with Crippen molar-refractivity contribution in [3.63, 3.8) is 0 Å². The van der Waals surface area contributed by atoms with Gasteiger partial charge in [0.25, 0.3) is 0 Å². The van der Waals surface area contributed by atoms with Gasteiger partial charge in [0.15, 0.2) is 0 Å². The lowest BCUT2D eigenvalue weighted by atomic mass is 10.1. The molecule has 1 aromatic carbocycles. The van der Waals surface area contributed by atoms with Crippen LogP contribution < -0.4 is 5.32 Å². The van der Waals surface area contributed by atoms with Crippen LogP contribution in [0.3, 0.4) is 0 Å². The molecule has 1 aromatic heterocycles. The number of anilines is 1. The standard InChI is InChI=1S/C20H24N2O2S/c23-19(11-10-18-4-3-15-25-18)21-17-8-5-16(6-9-17)7-12-20(24)22-13-1-2-14-22/h3-6,8-9,15H,1-2,7,10-14H2,(H,21,23). The lowest BCUT2D eigenvalue weighted by molar-refractivity contribution is -0.130. The minimum absolute atomic E-state index is 0.0327. The summed E-state index contributed by atoms with van der Waals surface area (Å²) < 4.78 is 0. The van der Waals surface area contributed by atoms with Crippen LogP contribution in [0.25, 0.3) is 0 Å². The minimum Gasteiger partial charge on any atom is -0.343 e. The van der Waals surface area contributed by atoms with E-state index >= 15 is 0 Å². The van der Waals surface area contributed by atoms with Crippen LogP contribution in [-0.4, -0.2) is 29.8 Å². The molecular weight excluding hydrogens is 332 g/mol. The maximum atomic E-state index is 12.1. The van der Waals surface area contributed by atoms with Crippen molar-refractivity contribution in [2.75, 3.05) is 18.4 Å². The predicted molar refractivity (Wildman–Crippen MR) is 102 cm³/mol. The largest absolute Gasteiger partial charge is 0.343 e. The number of hydrogen-bond acceptors (Lipinski definition) is 3. The molecule has 1 N–H and O–H groups in total. The van der Waals surface area contributed by atoms with Crippen molar-refractivity contribution < 1.29 is 9.59 Å². The van der Waals surface area contributed by atoms with Crippen molar-refractivity contribution in [1.82, 2.24) is 4.90 Å². The van der Waals surface area contributed by atoms with Crippen LogP contribution in [0.4, 0.5) is 5.69 Å². The summed E-state index contributed by atoms with van der Waals surface area (Å²) >= 11 is 1.68. The number of carbonyl (C=O) groups is 2. The van der Waals surface area contributed by atoms with E-state index in [0.717, 1.165) is 50.0 Å². The SMILES string of the molecule is O=C(CCc1cccs1)Nc1ccc(CCC(=O)N2CCCC2)cc1. The van der Waals surface area contributed by atoms with Gasteiger partial charge in [-0.3, -0.25) is 9.59 Å². The first-order valence-electron chi connectivity index (χ1n) is 8.90. The Morgan fingerprint density at radius 1 is 1.00 bits per heavy atom. The molecule has 1 fully saturated rings. The molecule has 1 saturated heterocycles. The van der Waals surface area contributed by atoms with Crippen LogP contribution in [0.15, 0.2) is 41.8 Å². The fraction of sp³-hybridized carbons (Fsp3) is 0.400. The highest BCUT2D eigenvalue weighted by Gasteiger charge is 2.17. The van der Waals surface area contributed by atoms with Gasteiger partial charge in [0, 0.05) is 36.5 Å². The quantitative estimate of drug-likeness (QED) is 0.818. The Labute approximate surface area is 152 Å². The second-order valence-corrected chi connectivity index (χ2v) is 7.44. The van der Waals surface area contributed by atoms with Gasteiger partial charge in [0.1, 0.15) is 0 Å². The Morgan fingerprint density at radius 2 is 1.76 bits per heavy atom. The van der Waals surface area contributed by atoms with E-state index in [1.54, 1.807) is 11.3 Å². The summed E-state index contributed by atoms with van der Waals surface area (Å²) in [6.07, 6.45) is 4.85. The fourth-order valence-electron chi connectivity index (χ4n) is 3.05.